The van der Waals surface area contributed by atoms with Gasteiger partial charge < -0.3 is 10.5 Å². The largest absolute Gasteiger partial charge is 0.374 e. The summed E-state index contributed by atoms with van der Waals surface area (Å²) in [5, 5.41) is 0. The fourth-order valence-corrected chi connectivity index (χ4v) is 3.49. The molecule has 1 fully saturated rings. The Morgan fingerprint density at radius 2 is 1.95 bits per heavy atom. The van der Waals surface area contributed by atoms with Crippen molar-refractivity contribution in [1.29, 1.82) is 0 Å². The third-order valence-corrected chi connectivity index (χ3v) is 4.96. The summed E-state index contributed by atoms with van der Waals surface area (Å²) in [4.78, 5) is -0.402. The number of nitrogens with two attached hydrogens (primary N) is 1. The Kier molecular flexibility index (Phi) is 4.38. The molecule has 8 heteroatoms. The van der Waals surface area contributed by atoms with E-state index in [2.05, 4.69) is 0 Å². The Balaban J connectivity index is 2.30. The third-order valence-electron chi connectivity index (χ3n) is 3.12. The minimum absolute atomic E-state index is 0.0676. The standard InChI is InChI=1S/C12H16F2N2O3S/c1-8(15)12-7-16(2-3-19-12)20(17,18)11-5-9(13)4-10(14)6-11/h4-6,8,12H,2-3,7,15H2,1H3. The van der Waals surface area contributed by atoms with Gasteiger partial charge in [-0.15, -0.1) is 0 Å². The average molecular weight is 306 g/mol. The van der Waals surface area contributed by atoms with Gasteiger partial charge in [0, 0.05) is 25.2 Å². The molecule has 2 unspecified atom stereocenters. The average Bonchev–Trinajstić information content (AvgIpc) is 2.37. The van der Waals surface area contributed by atoms with Gasteiger partial charge in [-0.3, -0.25) is 0 Å². The Bertz CT molecular complexity index is 572. The van der Waals surface area contributed by atoms with Crippen LogP contribution in [0.1, 0.15) is 6.92 Å². The normalized spacial score (nSPS) is 22.7. The molecule has 1 aliphatic rings. The molecular weight excluding hydrogens is 290 g/mol. The van der Waals surface area contributed by atoms with Gasteiger partial charge in [-0.25, -0.2) is 17.2 Å². The van der Waals surface area contributed by atoms with E-state index < -0.39 is 32.7 Å². The maximum atomic E-state index is 13.2. The summed E-state index contributed by atoms with van der Waals surface area (Å²) in [7, 11) is -3.96. The second-order valence-corrected chi connectivity index (χ2v) is 6.67. The number of morpholine rings is 1. The molecule has 1 heterocycles. The van der Waals surface area contributed by atoms with E-state index >= 15 is 0 Å². The summed E-state index contributed by atoms with van der Waals surface area (Å²) in [5.41, 5.74) is 5.69. The summed E-state index contributed by atoms with van der Waals surface area (Å²) < 4.78 is 57.5. The van der Waals surface area contributed by atoms with E-state index in [1.54, 1.807) is 6.92 Å². The minimum Gasteiger partial charge on any atom is -0.374 e. The van der Waals surface area contributed by atoms with Gasteiger partial charge in [0.1, 0.15) is 11.6 Å². The molecule has 2 rings (SSSR count). The highest BCUT2D eigenvalue weighted by Crippen LogP contribution is 2.21. The van der Waals surface area contributed by atoms with Crippen molar-refractivity contribution in [1.82, 2.24) is 4.31 Å². The maximum absolute atomic E-state index is 13.2. The fraction of sp³-hybridized carbons (Fsp3) is 0.500. The molecule has 0 radical (unpaired) electrons. The predicted molar refractivity (Wildman–Crippen MR) is 68.5 cm³/mol. The van der Waals surface area contributed by atoms with Crippen LogP contribution in [-0.4, -0.2) is 44.6 Å². The Morgan fingerprint density at radius 3 is 2.50 bits per heavy atom. The van der Waals surface area contributed by atoms with Crippen LogP contribution in [0.25, 0.3) is 0 Å². The Morgan fingerprint density at radius 1 is 1.35 bits per heavy atom. The Hall–Kier alpha value is -1.09. The smallest absolute Gasteiger partial charge is 0.243 e. The van der Waals surface area contributed by atoms with Gasteiger partial charge >= 0.3 is 0 Å². The Labute approximate surface area is 116 Å². The van der Waals surface area contributed by atoms with Gasteiger partial charge in [-0.2, -0.15) is 4.31 Å². The summed E-state index contributed by atoms with van der Waals surface area (Å²) in [5.74, 6) is -1.86. The molecule has 1 aromatic rings. The zero-order valence-corrected chi connectivity index (χ0v) is 11.7. The topological polar surface area (TPSA) is 72.6 Å². The highest BCUT2D eigenvalue weighted by atomic mass is 32.2. The van der Waals surface area contributed by atoms with Crippen LogP contribution in [0.5, 0.6) is 0 Å². The number of halogens is 2. The van der Waals surface area contributed by atoms with E-state index in [1.165, 1.54) is 0 Å². The van der Waals surface area contributed by atoms with Crippen molar-refractivity contribution < 1.29 is 21.9 Å². The molecule has 1 aromatic carbocycles. The maximum Gasteiger partial charge on any atom is 0.243 e. The predicted octanol–water partition coefficient (Wildman–Crippen LogP) is 0.702. The molecule has 2 atom stereocenters. The molecule has 5 nitrogen and oxygen atoms in total. The van der Waals surface area contributed by atoms with Gasteiger partial charge in [-0.05, 0) is 19.1 Å². The number of ether oxygens (including phenoxy) is 1. The summed E-state index contributed by atoms with van der Waals surface area (Å²) in [6, 6.07) is 1.89. The molecule has 2 N–H and O–H groups in total. The van der Waals surface area contributed by atoms with E-state index in [4.69, 9.17) is 10.5 Å². The first-order valence-corrected chi connectivity index (χ1v) is 7.58. The van der Waals surface area contributed by atoms with Gasteiger partial charge in [0.05, 0.1) is 17.6 Å². The van der Waals surface area contributed by atoms with Crippen LogP contribution in [0.4, 0.5) is 8.78 Å². The monoisotopic (exact) mass is 306 g/mol. The highest BCUT2D eigenvalue weighted by molar-refractivity contribution is 7.89. The molecule has 20 heavy (non-hydrogen) atoms. The second kappa shape index (κ2) is 5.72. The first-order chi connectivity index (χ1) is 9.30. The molecule has 0 aromatic heterocycles. The number of hydrogen-bond acceptors (Lipinski definition) is 4. The summed E-state index contributed by atoms with van der Waals surface area (Å²) >= 11 is 0. The van der Waals surface area contributed by atoms with Gasteiger partial charge in [0.2, 0.25) is 10.0 Å². The molecule has 0 amide bonds. The van der Waals surface area contributed by atoms with Crippen molar-refractivity contribution in [2.45, 2.75) is 24.0 Å². The fourth-order valence-electron chi connectivity index (χ4n) is 2.01. The van der Waals surface area contributed by atoms with E-state index in [1.807, 2.05) is 0 Å². The van der Waals surface area contributed by atoms with E-state index in [-0.39, 0.29) is 25.7 Å². The number of nitrogens with zero attached hydrogens (tertiary/aromatic N) is 1. The quantitative estimate of drug-likeness (QED) is 0.892. The zero-order valence-electron chi connectivity index (χ0n) is 10.9. The van der Waals surface area contributed by atoms with Crippen LogP contribution in [0.2, 0.25) is 0 Å². The molecule has 112 valence electrons. The van der Waals surface area contributed by atoms with Crippen molar-refractivity contribution in [3.05, 3.63) is 29.8 Å². The van der Waals surface area contributed by atoms with Crippen LogP contribution >= 0.6 is 0 Å². The van der Waals surface area contributed by atoms with Crippen LogP contribution in [0, 0.1) is 11.6 Å². The lowest BCUT2D eigenvalue weighted by Crippen LogP contribution is -2.51. The molecule has 0 saturated carbocycles. The van der Waals surface area contributed by atoms with Crippen molar-refractivity contribution in [2.24, 2.45) is 5.73 Å². The van der Waals surface area contributed by atoms with Crippen molar-refractivity contribution in [3.63, 3.8) is 0 Å². The molecule has 0 aliphatic carbocycles. The zero-order chi connectivity index (χ0) is 14.9. The lowest BCUT2D eigenvalue weighted by atomic mass is 10.2. The van der Waals surface area contributed by atoms with Crippen LogP contribution in [0.3, 0.4) is 0 Å². The SMILES string of the molecule is CC(N)C1CN(S(=O)(=O)c2cc(F)cc(F)c2)CCO1. The first kappa shape index (κ1) is 15.3. The molecule has 0 bridgehead atoms. The number of sulfonamides is 1. The molecule has 0 spiro atoms. The first-order valence-electron chi connectivity index (χ1n) is 6.14. The van der Waals surface area contributed by atoms with E-state index in [9.17, 15) is 17.2 Å². The molecule has 1 aliphatic heterocycles. The van der Waals surface area contributed by atoms with Gasteiger partial charge in [0.25, 0.3) is 0 Å². The second-order valence-electron chi connectivity index (χ2n) is 4.74. The van der Waals surface area contributed by atoms with Crippen LogP contribution in [0.15, 0.2) is 23.1 Å². The molecular formula is C12H16F2N2O3S. The number of benzene rings is 1. The van der Waals surface area contributed by atoms with E-state index in [0.717, 1.165) is 16.4 Å². The van der Waals surface area contributed by atoms with Crippen LogP contribution < -0.4 is 5.73 Å². The van der Waals surface area contributed by atoms with Crippen molar-refractivity contribution in [2.75, 3.05) is 19.7 Å². The summed E-state index contributed by atoms with van der Waals surface area (Å²) in [6.45, 7) is 2.10. The highest BCUT2D eigenvalue weighted by Gasteiger charge is 2.32. The number of hydrogen-bond donors (Lipinski definition) is 1. The van der Waals surface area contributed by atoms with Crippen molar-refractivity contribution in [3.8, 4) is 0 Å². The van der Waals surface area contributed by atoms with E-state index in [0.29, 0.717) is 6.07 Å². The van der Waals surface area contributed by atoms with Gasteiger partial charge in [0.15, 0.2) is 0 Å². The summed E-state index contributed by atoms with van der Waals surface area (Å²) in [6.07, 6.45) is -0.433. The van der Waals surface area contributed by atoms with Crippen molar-refractivity contribution >= 4 is 10.0 Å². The lowest BCUT2D eigenvalue weighted by molar-refractivity contribution is -0.0120. The molecule has 1 saturated heterocycles. The number of rotatable bonds is 3. The van der Waals surface area contributed by atoms with Crippen LogP contribution in [-0.2, 0) is 14.8 Å². The lowest BCUT2D eigenvalue weighted by Gasteiger charge is -2.33. The third kappa shape index (κ3) is 3.14. The minimum atomic E-state index is -3.96. The van der Waals surface area contributed by atoms with Gasteiger partial charge in [-0.1, -0.05) is 0 Å².